The van der Waals surface area contributed by atoms with Crippen molar-refractivity contribution < 1.29 is 9.59 Å². The van der Waals surface area contributed by atoms with Crippen LogP contribution in [0.15, 0.2) is 0 Å². The minimum Gasteiger partial charge on any atom is -0.341 e. The van der Waals surface area contributed by atoms with E-state index in [1.54, 1.807) is 11.9 Å². The van der Waals surface area contributed by atoms with E-state index in [0.717, 1.165) is 38.8 Å². The van der Waals surface area contributed by atoms with Crippen molar-refractivity contribution in [3.63, 3.8) is 0 Å². The van der Waals surface area contributed by atoms with Crippen LogP contribution in [0.1, 0.15) is 32.6 Å². The fraction of sp³-hybridized carbons (Fsp3) is 0.857. The van der Waals surface area contributed by atoms with Crippen LogP contribution in [0.4, 0.5) is 0 Å². The van der Waals surface area contributed by atoms with Crippen LogP contribution in [0.5, 0.6) is 0 Å². The van der Waals surface area contributed by atoms with Crippen molar-refractivity contribution in [1.29, 1.82) is 0 Å². The zero-order valence-electron chi connectivity index (χ0n) is 12.0. The number of carbonyl (C=O) groups excluding carboxylic acids is 2. The minimum absolute atomic E-state index is 0.0764. The molecule has 2 aliphatic heterocycles. The summed E-state index contributed by atoms with van der Waals surface area (Å²) in [6.07, 6.45) is 4.01. The van der Waals surface area contributed by atoms with E-state index in [1.807, 2.05) is 4.90 Å². The average molecular weight is 267 g/mol. The molecule has 2 saturated heterocycles. The number of likely N-dealkylation sites (N-methyl/N-ethyl adjacent to an activating group) is 1. The van der Waals surface area contributed by atoms with Gasteiger partial charge in [0.15, 0.2) is 0 Å². The van der Waals surface area contributed by atoms with Gasteiger partial charge in [-0.1, -0.05) is 6.92 Å². The summed E-state index contributed by atoms with van der Waals surface area (Å²) in [5.41, 5.74) is 0. The second kappa shape index (κ2) is 6.37. The molecule has 1 atom stereocenters. The van der Waals surface area contributed by atoms with Gasteiger partial charge in [-0.25, -0.2) is 0 Å². The number of hydrogen-bond donors (Lipinski definition) is 1. The number of nitrogens with one attached hydrogen (secondary N) is 1. The third-order valence-corrected chi connectivity index (χ3v) is 4.34. The maximum atomic E-state index is 12.2. The first-order chi connectivity index (χ1) is 9.11. The number of carbonyl (C=O) groups is 2. The van der Waals surface area contributed by atoms with Crippen LogP contribution in [0.25, 0.3) is 0 Å². The van der Waals surface area contributed by atoms with Crippen molar-refractivity contribution >= 4 is 11.8 Å². The van der Waals surface area contributed by atoms with Gasteiger partial charge >= 0.3 is 0 Å². The smallest absolute Gasteiger partial charge is 0.242 e. The zero-order chi connectivity index (χ0) is 13.8. The monoisotopic (exact) mass is 267 g/mol. The summed E-state index contributed by atoms with van der Waals surface area (Å²) in [7, 11) is 1.81. The van der Waals surface area contributed by atoms with E-state index in [1.165, 1.54) is 0 Å². The van der Waals surface area contributed by atoms with Crippen LogP contribution < -0.4 is 5.32 Å². The van der Waals surface area contributed by atoms with E-state index in [0.29, 0.717) is 12.5 Å². The molecule has 0 spiro atoms. The molecule has 0 aromatic heterocycles. The highest BCUT2D eigenvalue weighted by Gasteiger charge is 2.30. The van der Waals surface area contributed by atoms with E-state index < -0.39 is 0 Å². The summed E-state index contributed by atoms with van der Waals surface area (Å²) in [6.45, 7) is 4.89. The summed E-state index contributed by atoms with van der Waals surface area (Å²) in [5.74, 6) is 0.902. The third-order valence-electron chi connectivity index (χ3n) is 4.34. The molecule has 2 fully saturated rings. The Kier molecular flexibility index (Phi) is 4.80. The number of likely N-dealkylation sites (tertiary alicyclic amines) is 2. The molecule has 0 aliphatic carbocycles. The molecule has 1 N–H and O–H groups in total. The van der Waals surface area contributed by atoms with Gasteiger partial charge in [0, 0.05) is 19.6 Å². The lowest BCUT2D eigenvalue weighted by atomic mass is 9.99. The molecule has 2 rings (SSSR count). The molecule has 2 heterocycles. The minimum atomic E-state index is -0.108. The predicted octanol–water partition coefficient (Wildman–Crippen LogP) is 0.455. The van der Waals surface area contributed by atoms with E-state index in [9.17, 15) is 9.59 Å². The normalized spacial score (nSPS) is 25.8. The van der Waals surface area contributed by atoms with Gasteiger partial charge in [-0.3, -0.25) is 9.59 Å². The second-order valence-electron chi connectivity index (χ2n) is 5.81. The van der Waals surface area contributed by atoms with E-state index in [-0.39, 0.29) is 24.4 Å². The molecule has 5 nitrogen and oxygen atoms in total. The lowest BCUT2D eigenvalue weighted by molar-refractivity contribution is -0.144. The molecule has 108 valence electrons. The molecular formula is C14H25N3O2. The highest BCUT2D eigenvalue weighted by molar-refractivity contribution is 5.88. The Morgan fingerprint density at radius 3 is 2.58 bits per heavy atom. The van der Waals surface area contributed by atoms with Gasteiger partial charge in [-0.15, -0.1) is 0 Å². The molecule has 19 heavy (non-hydrogen) atoms. The first kappa shape index (κ1) is 14.3. The van der Waals surface area contributed by atoms with Crippen molar-refractivity contribution in [2.45, 2.75) is 38.6 Å². The molecule has 0 saturated carbocycles. The van der Waals surface area contributed by atoms with Crippen LogP contribution >= 0.6 is 0 Å². The fourth-order valence-corrected chi connectivity index (χ4v) is 2.89. The lowest BCUT2D eigenvalue weighted by Gasteiger charge is -2.35. The Morgan fingerprint density at radius 1 is 1.26 bits per heavy atom. The Hall–Kier alpha value is -1.10. The molecule has 0 aromatic carbocycles. The highest BCUT2D eigenvalue weighted by atomic mass is 16.2. The number of piperidine rings is 2. The van der Waals surface area contributed by atoms with Gasteiger partial charge < -0.3 is 15.1 Å². The predicted molar refractivity (Wildman–Crippen MR) is 73.6 cm³/mol. The summed E-state index contributed by atoms with van der Waals surface area (Å²) in [5, 5.41) is 3.03. The Balaban J connectivity index is 1.86. The van der Waals surface area contributed by atoms with Crippen LogP contribution in [0, 0.1) is 5.92 Å². The molecular weight excluding hydrogens is 242 g/mol. The standard InChI is InChI=1S/C14H25N3O2/c1-11-5-8-16(9-6-11)13(18)10-17-7-3-4-12(15-2)14(17)19/h11-12,15H,3-10H2,1-2H3/t12-/m0/s1. The number of nitrogens with zero attached hydrogens (tertiary/aromatic N) is 2. The van der Waals surface area contributed by atoms with E-state index in [4.69, 9.17) is 0 Å². The topological polar surface area (TPSA) is 52.7 Å². The first-order valence-corrected chi connectivity index (χ1v) is 7.35. The molecule has 5 heteroatoms. The second-order valence-corrected chi connectivity index (χ2v) is 5.81. The van der Waals surface area contributed by atoms with Gasteiger partial charge in [-0.05, 0) is 38.6 Å². The van der Waals surface area contributed by atoms with Crippen LogP contribution in [-0.4, -0.2) is 60.9 Å². The van der Waals surface area contributed by atoms with Crippen LogP contribution in [-0.2, 0) is 9.59 Å². The van der Waals surface area contributed by atoms with Crippen molar-refractivity contribution in [1.82, 2.24) is 15.1 Å². The Bertz CT molecular complexity index is 338. The van der Waals surface area contributed by atoms with Crippen LogP contribution in [0.3, 0.4) is 0 Å². The largest absolute Gasteiger partial charge is 0.341 e. The van der Waals surface area contributed by atoms with Crippen LogP contribution in [0.2, 0.25) is 0 Å². The molecule has 0 aromatic rings. The molecule has 0 bridgehead atoms. The maximum Gasteiger partial charge on any atom is 0.242 e. The summed E-state index contributed by atoms with van der Waals surface area (Å²) < 4.78 is 0. The molecule has 0 unspecified atom stereocenters. The number of amides is 2. The summed E-state index contributed by atoms with van der Waals surface area (Å²) >= 11 is 0. The Morgan fingerprint density at radius 2 is 1.95 bits per heavy atom. The van der Waals surface area contributed by atoms with Crippen molar-refractivity contribution in [3.05, 3.63) is 0 Å². The summed E-state index contributed by atoms with van der Waals surface area (Å²) in [4.78, 5) is 28.0. The van der Waals surface area contributed by atoms with Gasteiger partial charge in [-0.2, -0.15) is 0 Å². The van der Waals surface area contributed by atoms with Crippen molar-refractivity contribution in [2.24, 2.45) is 5.92 Å². The fourth-order valence-electron chi connectivity index (χ4n) is 2.89. The Labute approximate surface area is 115 Å². The zero-order valence-corrected chi connectivity index (χ0v) is 12.0. The highest BCUT2D eigenvalue weighted by Crippen LogP contribution is 2.17. The van der Waals surface area contributed by atoms with Gasteiger partial charge in [0.05, 0.1) is 12.6 Å². The SMILES string of the molecule is CN[C@H]1CCCN(CC(=O)N2CCC(C)CC2)C1=O. The van der Waals surface area contributed by atoms with Gasteiger partial charge in [0.25, 0.3) is 0 Å². The first-order valence-electron chi connectivity index (χ1n) is 7.35. The van der Waals surface area contributed by atoms with E-state index in [2.05, 4.69) is 12.2 Å². The quantitative estimate of drug-likeness (QED) is 0.808. The molecule has 2 amide bonds. The third kappa shape index (κ3) is 3.47. The summed E-state index contributed by atoms with van der Waals surface area (Å²) in [6, 6.07) is -0.108. The maximum absolute atomic E-state index is 12.2. The molecule has 2 aliphatic rings. The van der Waals surface area contributed by atoms with Gasteiger partial charge in [0.2, 0.25) is 11.8 Å². The number of hydrogen-bond acceptors (Lipinski definition) is 3. The average Bonchev–Trinajstić information content (AvgIpc) is 2.42. The van der Waals surface area contributed by atoms with Crippen molar-refractivity contribution in [2.75, 3.05) is 33.2 Å². The number of rotatable bonds is 3. The van der Waals surface area contributed by atoms with Gasteiger partial charge in [0.1, 0.15) is 0 Å². The lowest BCUT2D eigenvalue weighted by Crippen LogP contribution is -2.53. The van der Waals surface area contributed by atoms with E-state index >= 15 is 0 Å². The van der Waals surface area contributed by atoms with Crippen molar-refractivity contribution in [3.8, 4) is 0 Å². The molecule has 0 radical (unpaired) electrons.